The van der Waals surface area contributed by atoms with Gasteiger partial charge < -0.3 is 4.74 Å². The monoisotopic (exact) mass is 263 g/mol. The van der Waals surface area contributed by atoms with E-state index < -0.39 is 0 Å². The second-order valence-corrected chi connectivity index (χ2v) is 7.16. The van der Waals surface area contributed by atoms with Gasteiger partial charge in [-0.2, -0.15) is 0 Å². The van der Waals surface area contributed by atoms with Crippen molar-refractivity contribution in [2.75, 3.05) is 13.2 Å². The first kappa shape index (κ1) is 16.0. The van der Waals surface area contributed by atoms with Gasteiger partial charge in [0.1, 0.15) is 12.4 Å². The van der Waals surface area contributed by atoms with Crippen LogP contribution in [0.2, 0.25) is 0 Å². The highest BCUT2D eigenvalue weighted by atomic mass is 16.5. The minimum atomic E-state index is 0.147. The maximum absolute atomic E-state index is 5.87. The van der Waals surface area contributed by atoms with Gasteiger partial charge in [0.05, 0.1) is 0 Å². The zero-order valence-electron chi connectivity index (χ0n) is 13.6. The first-order valence-corrected chi connectivity index (χ1v) is 7.08. The summed E-state index contributed by atoms with van der Waals surface area (Å²) in [7, 11) is 0. The molecule has 2 nitrogen and oxygen atoms in total. The van der Waals surface area contributed by atoms with Crippen LogP contribution in [0.1, 0.15) is 47.1 Å². The van der Waals surface area contributed by atoms with Crippen LogP contribution in [0, 0.1) is 6.92 Å². The third-order valence-corrected chi connectivity index (χ3v) is 3.19. The van der Waals surface area contributed by atoms with Gasteiger partial charge in [0.2, 0.25) is 0 Å². The van der Waals surface area contributed by atoms with Gasteiger partial charge in [0.25, 0.3) is 0 Å². The minimum absolute atomic E-state index is 0.147. The molecule has 0 saturated heterocycles. The number of ether oxygens (including phenoxy) is 1. The van der Waals surface area contributed by atoms with Gasteiger partial charge in [0, 0.05) is 17.6 Å². The molecular formula is C17H29NO. The van der Waals surface area contributed by atoms with E-state index in [1.165, 1.54) is 5.56 Å². The molecule has 0 amide bonds. The topological polar surface area (TPSA) is 12.5 Å². The Bertz CT molecular complexity index is 384. The molecule has 0 aliphatic rings. The maximum Gasteiger partial charge on any atom is 0.119 e. The zero-order valence-corrected chi connectivity index (χ0v) is 13.6. The molecule has 1 rings (SSSR count). The molecule has 0 unspecified atom stereocenters. The van der Waals surface area contributed by atoms with Gasteiger partial charge in [-0.05, 0) is 66.2 Å². The van der Waals surface area contributed by atoms with E-state index >= 15 is 0 Å². The largest absolute Gasteiger partial charge is 0.492 e. The van der Waals surface area contributed by atoms with E-state index in [9.17, 15) is 0 Å². The van der Waals surface area contributed by atoms with E-state index in [1.807, 2.05) is 12.1 Å². The molecule has 0 N–H and O–H groups in total. The Morgan fingerprint density at radius 1 is 1.00 bits per heavy atom. The van der Waals surface area contributed by atoms with E-state index in [0.29, 0.717) is 0 Å². The summed E-state index contributed by atoms with van der Waals surface area (Å²) in [5, 5.41) is 0. The fraction of sp³-hybridized carbons (Fsp3) is 0.647. The second-order valence-electron chi connectivity index (χ2n) is 7.16. The normalized spacial score (nSPS) is 12.8. The van der Waals surface area contributed by atoms with Crippen LogP contribution in [-0.4, -0.2) is 29.1 Å². The molecule has 1 aromatic carbocycles. The lowest BCUT2D eigenvalue weighted by Crippen LogP contribution is -2.53. The van der Waals surface area contributed by atoms with Crippen LogP contribution in [0.15, 0.2) is 24.3 Å². The Labute approximate surface area is 118 Å². The number of aryl methyl sites for hydroxylation is 1. The van der Waals surface area contributed by atoms with Crippen molar-refractivity contribution in [3.05, 3.63) is 29.8 Å². The fourth-order valence-corrected chi connectivity index (χ4v) is 2.64. The lowest BCUT2D eigenvalue weighted by Gasteiger charge is -2.45. The Kier molecular flexibility index (Phi) is 5.03. The molecule has 2 heteroatoms. The third-order valence-electron chi connectivity index (χ3n) is 3.19. The predicted molar refractivity (Wildman–Crippen MR) is 82.9 cm³/mol. The van der Waals surface area contributed by atoms with Gasteiger partial charge in [0.15, 0.2) is 0 Å². The maximum atomic E-state index is 5.87. The van der Waals surface area contributed by atoms with Crippen molar-refractivity contribution < 1.29 is 4.74 Å². The summed E-state index contributed by atoms with van der Waals surface area (Å²) in [5.74, 6) is 0.961. The molecule has 0 spiro atoms. The van der Waals surface area contributed by atoms with Gasteiger partial charge in [-0.15, -0.1) is 0 Å². The van der Waals surface area contributed by atoms with E-state index in [0.717, 1.165) is 18.9 Å². The molecule has 0 heterocycles. The summed E-state index contributed by atoms with van der Waals surface area (Å²) in [4.78, 5) is 2.48. The van der Waals surface area contributed by atoms with Crippen molar-refractivity contribution in [3.63, 3.8) is 0 Å². The van der Waals surface area contributed by atoms with Crippen molar-refractivity contribution in [1.82, 2.24) is 4.90 Å². The van der Waals surface area contributed by atoms with Crippen LogP contribution >= 0.6 is 0 Å². The molecule has 0 aromatic heterocycles. The Balaban J connectivity index is 2.59. The highest BCUT2D eigenvalue weighted by Gasteiger charge is 2.30. The SMILES string of the molecule is Cc1cccc(OCCN(C(C)(C)C)C(C)(C)C)c1. The molecule has 0 saturated carbocycles. The second kappa shape index (κ2) is 5.96. The molecule has 19 heavy (non-hydrogen) atoms. The van der Waals surface area contributed by atoms with Crippen LogP contribution in [0.5, 0.6) is 5.75 Å². The average molecular weight is 263 g/mol. The summed E-state index contributed by atoms with van der Waals surface area (Å²) < 4.78 is 5.87. The molecule has 1 aromatic rings. The predicted octanol–water partition coefficient (Wildman–Crippen LogP) is 4.27. The van der Waals surface area contributed by atoms with Gasteiger partial charge >= 0.3 is 0 Å². The van der Waals surface area contributed by atoms with Crippen molar-refractivity contribution in [2.45, 2.75) is 59.5 Å². The Morgan fingerprint density at radius 3 is 2.05 bits per heavy atom. The smallest absolute Gasteiger partial charge is 0.119 e. The zero-order chi connectivity index (χ0) is 14.7. The first-order chi connectivity index (χ1) is 8.60. The highest BCUT2D eigenvalue weighted by Crippen LogP contribution is 2.24. The molecule has 108 valence electrons. The number of hydrogen-bond acceptors (Lipinski definition) is 2. The van der Waals surface area contributed by atoms with Gasteiger partial charge in [-0.1, -0.05) is 12.1 Å². The highest BCUT2D eigenvalue weighted by molar-refractivity contribution is 5.27. The molecule has 0 bridgehead atoms. The van der Waals surface area contributed by atoms with E-state index in [1.54, 1.807) is 0 Å². The van der Waals surface area contributed by atoms with Crippen molar-refractivity contribution in [2.24, 2.45) is 0 Å². The van der Waals surface area contributed by atoms with Crippen LogP contribution < -0.4 is 4.74 Å². The standard InChI is InChI=1S/C17H29NO/c1-14-9-8-10-15(13-14)19-12-11-18(16(2,3)4)17(5,6)7/h8-10,13H,11-12H2,1-7H3. The minimum Gasteiger partial charge on any atom is -0.492 e. The molecular weight excluding hydrogens is 234 g/mol. The average Bonchev–Trinajstić information content (AvgIpc) is 2.21. The van der Waals surface area contributed by atoms with E-state index in [-0.39, 0.29) is 11.1 Å². The van der Waals surface area contributed by atoms with Crippen molar-refractivity contribution in [3.8, 4) is 5.75 Å². The van der Waals surface area contributed by atoms with Gasteiger partial charge in [-0.3, -0.25) is 4.90 Å². The van der Waals surface area contributed by atoms with Crippen molar-refractivity contribution in [1.29, 1.82) is 0 Å². The lowest BCUT2D eigenvalue weighted by atomic mass is 9.96. The molecule has 0 atom stereocenters. The van der Waals surface area contributed by atoms with Crippen molar-refractivity contribution >= 4 is 0 Å². The van der Waals surface area contributed by atoms with Crippen LogP contribution in [-0.2, 0) is 0 Å². The molecule has 0 fully saturated rings. The third kappa shape index (κ3) is 5.23. The lowest BCUT2D eigenvalue weighted by molar-refractivity contribution is 0.0259. The van der Waals surface area contributed by atoms with Crippen LogP contribution in [0.3, 0.4) is 0 Å². The quantitative estimate of drug-likeness (QED) is 0.804. The summed E-state index contributed by atoms with van der Waals surface area (Å²) >= 11 is 0. The van der Waals surface area contributed by atoms with E-state index in [2.05, 4.69) is 65.5 Å². The number of benzene rings is 1. The summed E-state index contributed by atoms with van der Waals surface area (Å²) in [5.41, 5.74) is 1.53. The number of nitrogens with zero attached hydrogens (tertiary/aromatic N) is 1. The molecule has 0 radical (unpaired) electrons. The van der Waals surface area contributed by atoms with Gasteiger partial charge in [-0.25, -0.2) is 0 Å². The summed E-state index contributed by atoms with van der Waals surface area (Å²) in [6.07, 6.45) is 0. The fourth-order valence-electron chi connectivity index (χ4n) is 2.64. The molecule has 0 aliphatic heterocycles. The van der Waals surface area contributed by atoms with E-state index in [4.69, 9.17) is 4.74 Å². The summed E-state index contributed by atoms with van der Waals surface area (Å²) in [6, 6.07) is 8.23. The van der Waals surface area contributed by atoms with Crippen LogP contribution in [0.4, 0.5) is 0 Å². The summed E-state index contributed by atoms with van der Waals surface area (Å²) in [6.45, 7) is 17.3. The molecule has 0 aliphatic carbocycles. The first-order valence-electron chi connectivity index (χ1n) is 7.08. The Hall–Kier alpha value is -1.02. The number of hydrogen-bond donors (Lipinski definition) is 0. The number of rotatable bonds is 4. The Morgan fingerprint density at radius 2 is 1.58 bits per heavy atom. The van der Waals surface area contributed by atoms with Crippen LogP contribution in [0.25, 0.3) is 0 Å².